The number of benzene rings is 1. The van der Waals surface area contributed by atoms with E-state index in [9.17, 15) is 13.2 Å². The fraction of sp³-hybridized carbons (Fsp3) is 0.381. The predicted octanol–water partition coefficient (Wildman–Crippen LogP) is 2.49. The Labute approximate surface area is 185 Å². The van der Waals surface area contributed by atoms with Gasteiger partial charge >= 0.3 is 0 Å². The first-order valence-corrected chi connectivity index (χ1v) is 12.5. The van der Waals surface area contributed by atoms with E-state index in [1.165, 1.54) is 22.6 Å². The molecular formula is C21H25N5O3S2. The van der Waals surface area contributed by atoms with Crippen LogP contribution >= 0.6 is 11.3 Å². The van der Waals surface area contributed by atoms with E-state index in [1.54, 1.807) is 29.8 Å². The Morgan fingerprint density at radius 1 is 1.19 bits per heavy atom. The highest BCUT2D eigenvalue weighted by molar-refractivity contribution is 7.89. The van der Waals surface area contributed by atoms with Crippen molar-refractivity contribution in [2.24, 2.45) is 11.1 Å². The molecule has 164 valence electrons. The molecule has 3 aromatic rings. The summed E-state index contributed by atoms with van der Waals surface area (Å²) in [4.78, 5) is 26.2. The summed E-state index contributed by atoms with van der Waals surface area (Å²) in [6.45, 7) is 6.09. The number of nitrogens with one attached hydrogen (secondary N) is 1. The number of fused-ring (bicyclic) bond motifs is 1. The molecule has 1 aliphatic heterocycles. The minimum Gasteiger partial charge on any atom is -0.356 e. The molecule has 0 aliphatic carbocycles. The number of thiophene rings is 1. The highest BCUT2D eigenvalue weighted by Crippen LogP contribution is 2.35. The van der Waals surface area contributed by atoms with Crippen molar-refractivity contribution < 1.29 is 13.2 Å². The van der Waals surface area contributed by atoms with E-state index < -0.39 is 10.0 Å². The van der Waals surface area contributed by atoms with Crippen LogP contribution in [0.2, 0.25) is 0 Å². The van der Waals surface area contributed by atoms with Gasteiger partial charge in [-0.1, -0.05) is 12.1 Å². The number of hydrogen-bond acceptors (Lipinski definition) is 7. The number of carbonyl (C=O) groups is 1. The molecule has 10 heteroatoms. The monoisotopic (exact) mass is 459 g/mol. The second-order valence-corrected chi connectivity index (χ2v) is 10.6. The standard InChI is InChI=1S/C21H25N5O3S2/c1-13-14(2)30-21-18(13)19(24-12-25-21)26-9-7-16(8-10-26)20(27)23-11-15-3-5-17(6-4-15)31(22,28)29/h3-6,12,16H,7-11H2,1-2H3,(H,23,27)(H2,22,28,29). The lowest BCUT2D eigenvalue weighted by atomic mass is 9.95. The molecule has 3 N–H and O–H groups in total. The van der Waals surface area contributed by atoms with Crippen LogP contribution in [-0.4, -0.2) is 37.4 Å². The number of carbonyl (C=O) groups excluding carboxylic acids is 1. The average Bonchev–Trinajstić information content (AvgIpc) is 3.05. The molecule has 0 spiro atoms. The molecule has 1 aromatic carbocycles. The summed E-state index contributed by atoms with van der Waals surface area (Å²) in [6, 6.07) is 6.22. The molecule has 1 amide bonds. The number of rotatable bonds is 5. The molecule has 31 heavy (non-hydrogen) atoms. The SMILES string of the molecule is Cc1sc2ncnc(N3CCC(C(=O)NCc4ccc(S(N)(=O)=O)cc4)CC3)c2c1C. The molecule has 0 bridgehead atoms. The fourth-order valence-corrected chi connectivity index (χ4v) is 5.39. The van der Waals surface area contributed by atoms with Gasteiger partial charge in [0, 0.05) is 30.4 Å². The summed E-state index contributed by atoms with van der Waals surface area (Å²) < 4.78 is 22.7. The van der Waals surface area contributed by atoms with Crippen molar-refractivity contribution in [1.29, 1.82) is 0 Å². The normalized spacial score (nSPS) is 15.4. The zero-order chi connectivity index (χ0) is 22.2. The quantitative estimate of drug-likeness (QED) is 0.605. The molecule has 0 atom stereocenters. The lowest BCUT2D eigenvalue weighted by Crippen LogP contribution is -2.40. The molecule has 1 fully saturated rings. The van der Waals surface area contributed by atoms with Gasteiger partial charge in [-0.15, -0.1) is 11.3 Å². The van der Waals surface area contributed by atoms with Crippen LogP contribution in [0.15, 0.2) is 35.5 Å². The number of sulfonamides is 1. The molecular weight excluding hydrogens is 434 g/mol. The minimum atomic E-state index is -3.71. The van der Waals surface area contributed by atoms with E-state index in [0.29, 0.717) is 6.54 Å². The number of nitrogens with two attached hydrogens (primary N) is 1. The van der Waals surface area contributed by atoms with Gasteiger partial charge in [-0.3, -0.25) is 4.79 Å². The maximum atomic E-state index is 12.6. The minimum absolute atomic E-state index is 0.0190. The van der Waals surface area contributed by atoms with Crippen LogP contribution in [-0.2, 0) is 21.4 Å². The third-order valence-electron chi connectivity index (χ3n) is 5.83. The van der Waals surface area contributed by atoms with Crippen molar-refractivity contribution >= 4 is 43.3 Å². The molecule has 1 saturated heterocycles. The topological polar surface area (TPSA) is 118 Å². The van der Waals surface area contributed by atoms with E-state index in [2.05, 4.69) is 34.0 Å². The van der Waals surface area contributed by atoms with Gasteiger partial charge in [-0.2, -0.15) is 0 Å². The summed E-state index contributed by atoms with van der Waals surface area (Å²) in [5, 5.41) is 9.19. The Balaban J connectivity index is 1.35. The highest BCUT2D eigenvalue weighted by atomic mass is 32.2. The molecule has 8 nitrogen and oxygen atoms in total. The largest absolute Gasteiger partial charge is 0.356 e. The number of anilines is 1. The van der Waals surface area contributed by atoms with Crippen LogP contribution in [0.3, 0.4) is 0 Å². The van der Waals surface area contributed by atoms with Crippen molar-refractivity contribution in [2.75, 3.05) is 18.0 Å². The number of aryl methyl sites for hydroxylation is 2. The second-order valence-electron chi connectivity index (χ2n) is 7.83. The van der Waals surface area contributed by atoms with Gasteiger partial charge < -0.3 is 10.2 Å². The maximum absolute atomic E-state index is 12.6. The Bertz CT molecular complexity index is 1210. The van der Waals surface area contributed by atoms with E-state index >= 15 is 0 Å². The molecule has 0 unspecified atom stereocenters. The number of aromatic nitrogens is 2. The number of piperidine rings is 1. The Morgan fingerprint density at radius 2 is 1.87 bits per heavy atom. The molecule has 2 aromatic heterocycles. The molecule has 0 radical (unpaired) electrons. The van der Waals surface area contributed by atoms with Crippen molar-refractivity contribution in [3.05, 3.63) is 46.6 Å². The molecule has 0 saturated carbocycles. The van der Waals surface area contributed by atoms with E-state index in [1.807, 2.05) is 0 Å². The summed E-state index contributed by atoms with van der Waals surface area (Å²) in [7, 11) is -3.71. The van der Waals surface area contributed by atoms with Crippen LogP contribution in [0.25, 0.3) is 10.2 Å². The van der Waals surface area contributed by atoms with E-state index in [-0.39, 0.29) is 16.7 Å². The van der Waals surface area contributed by atoms with E-state index in [0.717, 1.165) is 47.5 Å². The predicted molar refractivity (Wildman–Crippen MR) is 121 cm³/mol. The van der Waals surface area contributed by atoms with Gasteiger partial charge in [0.2, 0.25) is 15.9 Å². The second kappa shape index (κ2) is 8.52. The summed E-state index contributed by atoms with van der Waals surface area (Å²) in [5.41, 5.74) is 2.05. The maximum Gasteiger partial charge on any atom is 0.238 e. The van der Waals surface area contributed by atoms with Crippen LogP contribution in [0, 0.1) is 19.8 Å². The lowest BCUT2D eigenvalue weighted by molar-refractivity contribution is -0.125. The summed E-state index contributed by atoms with van der Waals surface area (Å²) in [6.07, 6.45) is 3.13. The average molecular weight is 460 g/mol. The first-order chi connectivity index (χ1) is 14.7. The van der Waals surface area contributed by atoms with Crippen molar-refractivity contribution in [3.63, 3.8) is 0 Å². The van der Waals surface area contributed by atoms with E-state index in [4.69, 9.17) is 5.14 Å². The van der Waals surface area contributed by atoms with Gasteiger partial charge in [-0.05, 0) is 49.9 Å². The first kappa shape index (κ1) is 21.7. The first-order valence-electron chi connectivity index (χ1n) is 10.1. The number of primary sulfonamides is 1. The van der Waals surface area contributed by atoms with Crippen LogP contribution in [0.5, 0.6) is 0 Å². The molecule has 4 rings (SSSR count). The van der Waals surface area contributed by atoms with Gasteiger partial charge in [0.15, 0.2) is 0 Å². The van der Waals surface area contributed by atoms with Gasteiger partial charge in [0.25, 0.3) is 0 Å². The molecule has 3 heterocycles. The van der Waals surface area contributed by atoms with Crippen LogP contribution in [0.1, 0.15) is 28.8 Å². The zero-order valence-corrected chi connectivity index (χ0v) is 19.1. The summed E-state index contributed by atoms with van der Waals surface area (Å²) in [5.74, 6) is 0.925. The van der Waals surface area contributed by atoms with Crippen molar-refractivity contribution in [1.82, 2.24) is 15.3 Å². The number of nitrogens with zero attached hydrogens (tertiary/aromatic N) is 3. The van der Waals surface area contributed by atoms with Crippen LogP contribution < -0.4 is 15.4 Å². The zero-order valence-electron chi connectivity index (χ0n) is 17.5. The van der Waals surface area contributed by atoms with Crippen molar-refractivity contribution in [3.8, 4) is 0 Å². The highest BCUT2D eigenvalue weighted by Gasteiger charge is 2.27. The Kier molecular flexibility index (Phi) is 5.96. The third kappa shape index (κ3) is 4.56. The smallest absolute Gasteiger partial charge is 0.238 e. The van der Waals surface area contributed by atoms with Gasteiger partial charge in [0.1, 0.15) is 17.0 Å². The van der Waals surface area contributed by atoms with Crippen LogP contribution in [0.4, 0.5) is 5.82 Å². The lowest BCUT2D eigenvalue weighted by Gasteiger charge is -2.32. The number of amides is 1. The fourth-order valence-electron chi connectivity index (χ4n) is 3.89. The Morgan fingerprint density at radius 3 is 2.52 bits per heavy atom. The molecule has 1 aliphatic rings. The van der Waals surface area contributed by atoms with Gasteiger partial charge in [0.05, 0.1) is 10.3 Å². The number of hydrogen-bond donors (Lipinski definition) is 2. The third-order valence-corrected chi connectivity index (χ3v) is 7.87. The van der Waals surface area contributed by atoms with Crippen molar-refractivity contribution in [2.45, 2.75) is 38.1 Å². The summed E-state index contributed by atoms with van der Waals surface area (Å²) >= 11 is 1.69. The van der Waals surface area contributed by atoms with Gasteiger partial charge in [-0.25, -0.2) is 23.5 Å². The Hall–Kier alpha value is -2.56.